The predicted octanol–water partition coefficient (Wildman–Crippen LogP) is 1.70. The Morgan fingerprint density at radius 3 is 2.40 bits per heavy atom. The van der Waals surface area contributed by atoms with E-state index in [-0.39, 0.29) is 15.9 Å². The van der Waals surface area contributed by atoms with Crippen molar-refractivity contribution in [2.24, 2.45) is 10.4 Å². The number of rotatable bonds is 0. The molecule has 1 rings (SSSR count). The second kappa shape index (κ2) is 2.38. The van der Waals surface area contributed by atoms with Gasteiger partial charge >= 0.3 is 0 Å². The van der Waals surface area contributed by atoms with Crippen LogP contribution in [0.15, 0.2) is 4.99 Å². The van der Waals surface area contributed by atoms with E-state index in [2.05, 4.69) is 25.8 Å². The lowest BCUT2D eigenvalue weighted by atomic mass is 9.97. The van der Waals surface area contributed by atoms with Crippen molar-refractivity contribution < 1.29 is 4.79 Å². The molecule has 2 nitrogen and oxygen atoms in total. The average molecular weight is 157 g/mol. The maximum absolute atomic E-state index is 10.7. The summed E-state index contributed by atoms with van der Waals surface area (Å²) in [5, 5.41) is 0.208. The third-order valence-corrected chi connectivity index (χ3v) is 2.67. The van der Waals surface area contributed by atoms with Crippen LogP contribution in [0, 0.1) is 5.41 Å². The smallest absolute Gasteiger partial charge is 0.232 e. The van der Waals surface area contributed by atoms with E-state index in [1.165, 1.54) is 18.0 Å². The second-order valence-corrected chi connectivity index (χ2v) is 4.52. The highest BCUT2D eigenvalue weighted by Crippen LogP contribution is 2.34. The number of hydrogen-bond acceptors (Lipinski definition) is 3. The molecule has 0 aliphatic carbocycles. The van der Waals surface area contributed by atoms with E-state index in [0.717, 1.165) is 0 Å². The molecule has 0 aromatic carbocycles. The van der Waals surface area contributed by atoms with Gasteiger partial charge in [0.25, 0.3) is 0 Å². The minimum Gasteiger partial charge on any atom is -0.280 e. The molecule has 1 aliphatic heterocycles. The molecule has 1 unspecified atom stereocenters. The van der Waals surface area contributed by atoms with Gasteiger partial charge in [-0.2, -0.15) is 0 Å². The zero-order valence-electron chi connectivity index (χ0n) is 6.42. The topological polar surface area (TPSA) is 29.4 Å². The molecule has 0 bridgehead atoms. The number of aliphatic imine (C=N–C) groups is 1. The first-order valence-electron chi connectivity index (χ1n) is 3.24. The molecule has 3 heteroatoms. The van der Waals surface area contributed by atoms with Crippen LogP contribution in [0.1, 0.15) is 20.8 Å². The molecule has 0 aromatic heterocycles. The van der Waals surface area contributed by atoms with Crippen LogP contribution in [0.4, 0.5) is 0 Å². The van der Waals surface area contributed by atoms with E-state index < -0.39 is 0 Å². The molecule has 0 radical (unpaired) electrons. The van der Waals surface area contributed by atoms with Crippen LogP contribution < -0.4 is 0 Å². The van der Waals surface area contributed by atoms with Gasteiger partial charge in [-0.25, -0.2) is 0 Å². The number of hydrogen-bond donors (Lipinski definition) is 0. The van der Waals surface area contributed by atoms with Crippen molar-refractivity contribution in [1.29, 1.82) is 0 Å². The van der Waals surface area contributed by atoms with Gasteiger partial charge in [0.2, 0.25) is 5.12 Å². The number of nitrogens with zero attached hydrogens (tertiary/aromatic N) is 1. The van der Waals surface area contributed by atoms with E-state index >= 15 is 0 Å². The van der Waals surface area contributed by atoms with E-state index in [0.29, 0.717) is 0 Å². The largest absolute Gasteiger partial charge is 0.280 e. The first kappa shape index (κ1) is 7.79. The molecule has 1 heterocycles. The standard InChI is InChI=1S/C7H11NOS/c1-7(2,3)6-8-4-5(9)10-6/h4,6H,1-3H3. The molecule has 1 atom stereocenters. The van der Waals surface area contributed by atoms with Gasteiger partial charge in [-0.05, 0) is 5.41 Å². The number of thioether (sulfide) groups is 1. The summed E-state index contributed by atoms with van der Waals surface area (Å²) in [6.45, 7) is 6.25. The van der Waals surface area contributed by atoms with Crippen molar-refractivity contribution in [3.8, 4) is 0 Å². The third-order valence-electron chi connectivity index (χ3n) is 1.28. The second-order valence-electron chi connectivity index (χ2n) is 3.43. The molecule has 56 valence electrons. The maximum Gasteiger partial charge on any atom is 0.232 e. The predicted molar refractivity (Wildman–Crippen MR) is 44.3 cm³/mol. The third kappa shape index (κ3) is 1.59. The zero-order chi connectivity index (χ0) is 7.78. The Bertz CT molecular complexity index is 181. The first-order chi connectivity index (χ1) is 4.50. The Labute approximate surface area is 65.1 Å². The number of carbonyl (C=O) groups excluding carboxylic acids is 1. The molecule has 0 amide bonds. The fraction of sp³-hybridized carbons (Fsp3) is 0.714. The highest BCUT2D eigenvalue weighted by molar-refractivity contribution is 8.16. The van der Waals surface area contributed by atoms with Crippen molar-refractivity contribution in [3.05, 3.63) is 0 Å². The van der Waals surface area contributed by atoms with Gasteiger partial charge in [-0.3, -0.25) is 9.79 Å². The summed E-state index contributed by atoms with van der Waals surface area (Å²) in [7, 11) is 0. The Morgan fingerprint density at radius 1 is 1.60 bits per heavy atom. The van der Waals surface area contributed by atoms with Gasteiger partial charge in [0.15, 0.2) is 0 Å². The van der Waals surface area contributed by atoms with Crippen molar-refractivity contribution in [3.63, 3.8) is 0 Å². The Kier molecular flexibility index (Phi) is 1.86. The van der Waals surface area contributed by atoms with Gasteiger partial charge in [-0.15, -0.1) is 0 Å². The Balaban J connectivity index is 2.63. The van der Waals surface area contributed by atoms with Gasteiger partial charge in [-0.1, -0.05) is 32.5 Å². The van der Waals surface area contributed by atoms with Crippen LogP contribution in [-0.4, -0.2) is 16.7 Å². The Hall–Kier alpha value is -0.310. The summed E-state index contributed by atoms with van der Waals surface area (Å²) < 4.78 is 0. The molecule has 10 heavy (non-hydrogen) atoms. The highest BCUT2D eigenvalue weighted by atomic mass is 32.2. The molecule has 0 saturated heterocycles. The molecular weight excluding hydrogens is 146 g/mol. The zero-order valence-corrected chi connectivity index (χ0v) is 7.23. The Morgan fingerprint density at radius 2 is 2.20 bits per heavy atom. The van der Waals surface area contributed by atoms with Crippen molar-refractivity contribution in [2.45, 2.75) is 26.1 Å². The minimum atomic E-state index is 0.0833. The van der Waals surface area contributed by atoms with Crippen LogP contribution >= 0.6 is 11.8 Å². The van der Waals surface area contributed by atoms with Gasteiger partial charge in [0.05, 0.1) is 6.21 Å². The summed E-state index contributed by atoms with van der Waals surface area (Å²) >= 11 is 1.31. The fourth-order valence-electron chi connectivity index (χ4n) is 0.700. The molecule has 0 N–H and O–H groups in total. The van der Waals surface area contributed by atoms with Crippen molar-refractivity contribution >= 4 is 23.1 Å². The van der Waals surface area contributed by atoms with Gasteiger partial charge < -0.3 is 0 Å². The van der Waals surface area contributed by atoms with Gasteiger partial charge in [0, 0.05) is 0 Å². The van der Waals surface area contributed by atoms with Crippen LogP contribution in [0.25, 0.3) is 0 Å². The molecule has 1 aliphatic rings. The summed E-state index contributed by atoms with van der Waals surface area (Å²) in [6.07, 6.45) is 1.42. The monoisotopic (exact) mass is 157 g/mol. The lowest BCUT2D eigenvalue weighted by Gasteiger charge is -2.22. The average Bonchev–Trinajstić information content (AvgIpc) is 2.11. The minimum absolute atomic E-state index is 0.0833. The van der Waals surface area contributed by atoms with E-state index in [4.69, 9.17) is 0 Å². The van der Waals surface area contributed by atoms with Crippen LogP contribution in [0.3, 0.4) is 0 Å². The normalized spacial score (nSPS) is 25.9. The van der Waals surface area contributed by atoms with Crippen LogP contribution in [0.2, 0.25) is 0 Å². The molecule has 0 aromatic rings. The summed E-state index contributed by atoms with van der Waals surface area (Å²) in [5.41, 5.74) is 0.104. The molecule has 0 fully saturated rings. The highest BCUT2D eigenvalue weighted by Gasteiger charge is 2.29. The number of carbonyl (C=O) groups is 1. The first-order valence-corrected chi connectivity index (χ1v) is 4.12. The van der Waals surface area contributed by atoms with E-state index in [9.17, 15) is 4.79 Å². The lowest BCUT2D eigenvalue weighted by molar-refractivity contribution is -0.105. The summed E-state index contributed by atoms with van der Waals surface area (Å²) in [6, 6.07) is 0. The molecule has 0 saturated carbocycles. The van der Waals surface area contributed by atoms with Crippen LogP contribution in [-0.2, 0) is 4.79 Å². The fourth-order valence-corrected chi connectivity index (χ4v) is 1.52. The van der Waals surface area contributed by atoms with Gasteiger partial charge in [0.1, 0.15) is 5.37 Å². The quantitative estimate of drug-likeness (QED) is 0.535. The van der Waals surface area contributed by atoms with Crippen molar-refractivity contribution in [1.82, 2.24) is 0 Å². The van der Waals surface area contributed by atoms with E-state index in [1.807, 2.05) is 0 Å². The van der Waals surface area contributed by atoms with Crippen molar-refractivity contribution in [2.75, 3.05) is 0 Å². The molecule has 0 spiro atoms. The summed E-state index contributed by atoms with van der Waals surface area (Å²) in [4.78, 5) is 14.8. The SMILES string of the molecule is CC(C)(C)C1N=CC(=O)S1. The lowest BCUT2D eigenvalue weighted by Crippen LogP contribution is -2.19. The molecular formula is C7H11NOS. The maximum atomic E-state index is 10.7. The van der Waals surface area contributed by atoms with E-state index in [1.54, 1.807) is 0 Å². The summed E-state index contributed by atoms with van der Waals surface area (Å²) in [5.74, 6) is 0. The van der Waals surface area contributed by atoms with Crippen LogP contribution in [0.5, 0.6) is 0 Å².